The van der Waals surface area contributed by atoms with Gasteiger partial charge in [-0.1, -0.05) is 71.1 Å². The van der Waals surface area contributed by atoms with Gasteiger partial charge >= 0.3 is 41.8 Å². The Hall–Kier alpha value is -7.97. The number of carbonyl (C=O) groups excluding carboxylic acids is 11. The summed E-state index contributed by atoms with van der Waals surface area (Å²) in [5.74, 6) is -22.8. The highest BCUT2D eigenvalue weighted by molar-refractivity contribution is 8.00. The third kappa shape index (κ3) is 31.5. The molecule has 4 rings (SSSR count). The number of methoxy groups -OCH3 is 3. The molecule has 2 saturated heterocycles. The molecule has 1 aliphatic carbocycles. The highest BCUT2D eigenvalue weighted by atomic mass is 32.2. The molecule has 13 N–H and O–H groups in total. The summed E-state index contributed by atoms with van der Waals surface area (Å²) >= 11 is 1.68. The maximum absolute atomic E-state index is 15.0. The van der Waals surface area contributed by atoms with Crippen LogP contribution in [0.25, 0.3) is 0 Å². The average molecular weight is 1610 g/mol. The van der Waals surface area contributed by atoms with E-state index in [0.29, 0.717) is 32.1 Å². The van der Waals surface area contributed by atoms with Gasteiger partial charge in [0.2, 0.25) is 29.4 Å². The van der Waals surface area contributed by atoms with E-state index in [2.05, 4.69) is 21.3 Å². The van der Waals surface area contributed by atoms with Crippen molar-refractivity contribution in [1.82, 2.24) is 26.2 Å². The Morgan fingerprint density at radius 3 is 1.79 bits per heavy atom. The number of rotatable bonds is 32. The second-order valence-corrected chi connectivity index (χ2v) is 31.0. The predicted molar refractivity (Wildman–Crippen MR) is 402 cm³/mol. The number of amides is 5. The Morgan fingerprint density at radius 2 is 1.25 bits per heavy atom. The standard InChI is InChI=1S/C75H113N7O27S2/c1-40-16-12-11-13-17-41(2)56(103-8)32-48-21-19-46(7)75(102,109-48)68(93)71(96)82-27-15-14-18-53(82)74(101)107-57(43(4)30-47-20-24-55(58(31-47)104-9)106-63(90)38-110-36-51(69(94)78-34-61(86)87)80-59(84)25-22-49(76)72(97)98)33-54(83)42(3)29-45(6)66(67(105-10)65(92)44(5)28-40)108-64(91)39-111-37-52(70(95)79-35-62(88)89)81-60(85)26-23-50(77)73(99)100/h11-13,16-17,29,40,42-44,46-53,55-58,66-67,102H,14-15,18-28,30-39,76-77H2,1-10H3,(H,78,94)(H,79,95)(H,80,84)(H,81,85)(H,86,87)(H,88,89)(H,97,98)(H,99,100)/b13-11+,16-12+,41-17+,45-29+/t40-,42-,43-,44-,46-,47+,48+,49+,50+,51+,52+,53+,55-,56+,57+,58-,66-,67+,75-/m1/s1. The zero-order valence-corrected chi connectivity index (χ0v) is 66.4. The normalized spacial score (nSPS) is 29.2. The Labute approximate surface area is 654 Å². The summed E-state index contributed by atoms with van der Waals surface area (Å²) in [6.07, 6.45) is 4.91. The highest BCUT2D eigenvalue weighted by Gasteiger charge is 2.53. The minimum absolute atomic E-state index is 0.0381. The van der Waals surface area contributed by atoms with Crippen molar-refractivity contribution in [3.63, 3.8) is 0 Å². The molecule has 1 saturated carbocycles. The number of thioether (sulfide) groups is 2. The second kappa shape index (κ2) is 47.5. The van der Waals surface area contributed by atoms with Gasteiger partial charge in [-0.3, -0.25) is 67.1 Å². The monoisotopic (exact) mass is 1610 g/mol. The summed E-state index contributed by atoms with van der Waals surface area (Å²) < 4.78 is 42.2. The van der Waals surface area contributed by atoms with Gasteiger partial charge in [0.05, 0.1) is 29.8 Å². The number of fused-ring (bicyclic) bond motifs is 3. The van der Waals surface area contributed by atoms with E-state index in [1.165, 1.54) is 41.3 Å². The third-order valence-corrected chi connectivity index (χ3v) is 22.1. The van der Waals surface area contributed by atoms with Crippen LogP contribution in [0.4, 0.5) is 0 Å². The quantitative estimate of drug-likeness (QED) is 0.0199. The van der Waals surface area contributed by atoms with E-state index >= 15 is 9.59 Å². The molecule has 36 heteroatoms. The number of nitrogens with two attached hydrogens (primary N) is 2. The average Bonchev–Trinajstić information content (AvgIpc) is 0.774. The summed E-state index contributed by atoms with van der Waals surface area (Å²) in [6.45, 7) is 10.1. The molecule has 0 spiro atoms. The molecule has 4 aliphatic rings. The largest absolute Gasteiger partial charge is 0.480 e. The van der Waals surface area contributed by atoms with Crippen molar-refractivity contribution in [3.05, 3.63) is 47.6 Å². The van der Waals surface area contributed by atoms with Gasteiger partial charge in [-0.2, -0.15) is 0 Å². The lowest BCUT2D eigenvalue weighted by Crippen LogP contribution is -2.61. The first-order chi connectivity index (χ1) is 52.3. The maximum atomic E-state index is 15.0. The molecular formula is C75H113N7O27S2. The van der Waals surface area contributed by atoms with Crippen molar-refractivity contribution in [2.24, 2.45) is 47.0 Å². The lowest BCUT2D eigenvalue weighted by molar-refractivity contribution is -0.265. The summed E-state index contributed by atoms with van der Waals surface area (Å²) in [5, 5.41) is 58.1. The smallest absolute Gasteiger partial charge is 0.329 e. The number of ketones is 3. The van der Waals surface area contributed by atoms with E-state index in [1.807, 2.05) is 26.0 Å². The number of nitrogens with one attached hydrogen (secondary N) is 4. The summed E-state index contributed by atoms with van der Waals surface area (Å²) in [5.41, 5.74) is 12.0. The summed E-state index contributed by atoms with van der Waals surface area (Å²) in [7, 11) is 4.17. The summed E-state index contributed by atoms with van der Waals surface area (Å²) in [4.78, 5) is 200. The van der Waals surface area contributed by atoms with E-state index in [9.17, 15) is 77.6 Å². The lowest BCUT2D eigenvalue weighted by atomic mass is 9.78. The second-order valence-electron chi connectivity index (χ2n) is 29.0. The zero-order valence-electron chi connectivity index (χ0n) is 64.8. The number of carboxylic acids is 4. The highest BCUT2D eigenvalue weighted by Crippen LogP contribution is 2.39. The van der Waals surface area contributed by atoms with E-state index < -0.39 is 223 Å². The number of nitrogens with zero attached hydrogens (tertiary/aromatic N) is 1. The Kier molecular flexibility index (Phi) is 40.8. The molecule has 111 heavy (non-hydrogen) atoms. The van der Waals surface area contributed by atoms with Gasteiger partial charge in [0.25, 0.3) is 11.7 Å². The molecule has 19 atom stereocenters. The molecule has 3 fully saturated rings. The number of allylic oxidation sites excluding steroid dienone is 6. The number of esters is 3. The number of Topliss-reactive ketones (excluding diaryl/α,β-unsaturated/α-hetero) is 3. The molecule has 0 unspecified atom stereocenters. The minimum atomic E-state index is -2.59. The van der Waals surface area contributed by atoms with E-state index in [-0.39, 0.29) is 99.0 Å². The molecule has 0 radical (unpaired) electrons. The molecule has 0 aromatic carbocycles. The van der Waals surface area contributed by atoms with E-state index in [0.717, 1.165) is 34.0 Å². The minimum Gasteiger partial charge on any atom is -0.480 e. The van der Waals surface area contributed by atoms with Crippen molar-refractivity contribution in [2.75, 3.05) is 64.0 Å². The number of cyclic esters (lactones) is 1. The first kappa shape index (κ1) is 95.4. The molecule has 622 valence electrons. The molecule has 0 aromatic heterocycles. The Bertz CT molecular complexity index is 3390. The van der Waals surface area contributed by atoms with Gasteiger partial charge < -0.3 is 96.3 Å². The topological polar surface area (TPSA) is 525 Å². The first-order valence-electron chi connectivity index (χ1n) is 37.2. The van der Waals surface area contributed by atoms with Gasteiger partial charge in [0.15, 0.2) is 18.0 Å². The number of carboxylic acid groups (broad SMARTS) is 4. The molecule has 3 heterocycles. The Balaban J connectivity index is 1.73. The fourth-order valence-electron chi connectivity index (χ4n) is 13.6. The van der Waals surface area contributed by atoms with Crippen LogP contribution in [0.5, 0.6) is 0 Å². The van der Waals surface area contributed by atoms with Gasteiger partial charge in [-0.25, -0.2) is 4.79 Å². The summed E-state index contributed by atoms with van der Waals surface area (Å²) in [6, 6.07) is -6.93. The number of carbonyl (C=O) groups is 15. The van der Waals surface area contributed by atoms with Gasteiger partial charge in [0, 0.05) is 82.8 Å². The van der Waals surface area contributed by atoms with Crippen LogP contribution in [0.2, 0.25) is 0 Å². The van der Waals surface area contributed by atoms with Crippen molar-refractivity contribution in [2.45, 2.75) is 230 Å². The predicted octanol–water partition coefficient (Wildman–Crippen LogP) is 2.50. The number of aliphatic hydroxyl groups is 1. The van der Waals surface area contributed by atoms with Crippen LogP contribution in [0.1, 0.15) is 151 Å². The molecule has 3 aliphatic heterocycles. The van der Waals surface area contributed by atoms with Crippen LogP contribution < -0.4 is 32.7 Å². The van der Waals surface area contributed by atoms with Crippen LogP contribution in [0, 0.1) is 35.5 Å². The SMILES string of the molecule is CO[C@H]1C[C@@H]2CC[C@@H](C)[C@@](O)(O2)C(=O)C(=O)N2CCCC[C@H]2C(=O)O[C@H]([C@H](C)C[C@@H]2CC[C@@H](OC(=O)CSC[C@H](NC(=O)CC[C@H](N)C(=O)O)C(=O)NCC(=O)O)[C@H](OC)C2)CC(=O)[C@H](C)/C=C(\C)[C@@H](OC(=O)CSC[C@H](NC(=O)CC[C@H](N)C(=O)O)C(=O)NCC(=O)O)[C@@H](OC)C(=O)[C@H](C)C[C@H](C)/C=C/C=C/C=C/1C. The Morgan fingerprint density at radius 1 is 0.676 bits per heavy atom. The van der Waals surface area contributed by atoms with E-state index in [1.54, 1.807) is 39.0 Å². The number of piperidine rings is 1. The molecule has 5 amide bonds. The number of hydrogen-bond donors (Lipinski definition) is 11. The molecular weight excluding hydrogens is 1490 g/mol. The number of aliphatic carboxylic acids is 4. The van der Waals surface area contributed by atoms with E-state index in [4.69, 9.17) is 54.8 Å². The van der Waals surface area contributed by atoms with Crippen LogP contribution in [0.15, 0.2) is 47.6 Å². The third-order valence-electron chi connectivity index (χ3n) is 20.1. The fraction of sp³-hybridized carbons (Fsp3) is 0.693. The fourth-order valence-corrected chi connectivity index (χ4v) is 15.2. The molecule has 0 aromatic rings. The number of ether oxygens (including phenoxy) is 7. The van der Waals surface area contributed by atoms with Gasteiger partial charge in [-0.15, -0.1) is 23.5 Å². The first-order valence-corrected chi connectivity index (χ1v) is 39.5. The van der Waals surface area contributed by atoms with Crippen molar-refractivity contribution in [3.8, 4) is 0 Å². The van der Waals surface area contributed by atoms with Crippen LogP contribution in [-0.2, 0) is 105 Å². The van der Waals surface area contributed by atoms with Gasteiger partial charge in [-0.05, 0) is 120 Å². The van der Waals surface area contributed by atoms with Gasteiger partial charge in [0.1, 0.15) is 61.3 Å². The van der Waals surface area contributed by atoms with Crippen LogP contribution in [-0.4, -0.2) is 262 Å². The van der Waals surface area contributed by atoms with Crippen LogP contribution in [0.3, 0.4) is 0 Å². The maximum Gasteiger partial charge on any atom is 0.329 e. The zero-order chi connectivity index (χ0) is 83.0. The molecule has 34 nitrogen and oxygen atoms in total. The van der Waals surface area contributed by atoms with Crippen molar-refractivity contribution < 1.29 is 131 Å². The molecule has 2 bridgehead atoms. The van der Waals surface area contributed by atoms with Crippen LogP contribution >= 0.6 is 23.5 Å². The number of hydrogen-bond acceptors (Lipinski definition) is 27. The van der Waals surface area contributed by atoms with Crippen molar-refractivity contribution in [1.29, 1.82) is 0 Å². The van der Waals surface area contributed by atoms with Crippen molar-refractivity contribution >= 4 is 112 Å². The lowest BCUT2D eigenvalue weighted by Gasteiger charge is -2.42.